The van der Waals surface area contributed by atoms with Gasteiger partial charge in [-0.2, -0.15) is 0 Å². The van der Waals surface area contributed by atoms with Crippen LogP contribution in [0, 0.1) is 0 Å². The molecule has 0 N–H and O–H groups in total. The molecule has 2 aliphatic rings. The van der Waals surface area contributed by atoms with E-state index in [1.54, 1.807) is 0 Å². The Labute approximate surface area is 368 Å². The van der Waals surface area contributed by atoms with Gasteiger partial charge in [0, 0.05) is 33.8 Å². The molecule has 0 fully saturated rings. The summed E-state index contributed by atoms with van der Waals surface area (Å²) in [4.78, 5) is 5.17. The maximum Gasteiger partial charge on any atom is 0.252 e. The number of rotatable bonds is 4. The standard InChI is InChI=1S/C60H45BN2/c1-36(2)38-27-31-54-52(33-38)61-53-34-39(37(3)4)28-32-55(53)63(56-24-13-23-50-46-19-9-7-18-44(46)45-20-11-12-22-49(45)59(50)56)58-26-14-25-57(60(58)61)62(54)40-29-30-48-43-17-6-5-15-41(43)42-16-8-10-21-47(42)51(48)35-40/h5-37H,1-4H3. The van der Waals surface area contributed by atoms with E-state index in [0.717, 1.165) is 0 Å². The Morgan fingerprint density at radius 1 is 0.317 bits per heavy atom. The zero-order valence-corrected chi connectivity index (χ0v) is 36.0. The van der Waals surface area contributed by atoms with Crippen molar-refractivity contribution >= 4 is 122 Å². The quantitative estimate of drug-likeness (QED) is 0.129. The van der Waals surface area contributed by atoms with Crippen molar-refractivity contribution < 1.29 is 0 Å². The van der Waals surface area contributed by atoms with E-state index in [4.69, 9.17) is 0 Å². The zero-order valence-electron chi connectivity index (χ0n) is 36.0. The lowest BCUT2D eigenvalue weighted by molar-refractivity contribution is 0.867. The second kappa shape index (κ2) is 13.6. The Hall–Kier alpha value is -7.36. The molecule has 11 aromatic rings. The van der Waals surface area contributed by atoms with Gasteiger partial charge in [0.15, 0.2) is 0 Å². The van der Waals surface area contributed by atoms with E-state index in [1.165, 1.54) is 126 Å². The van der Waals surface area contributed by atoms with Crippen molar-refractivity contribution in [2.24, 2.45) is 0 Å². The minimum absolute atomic E-state index is 0.0453. The predicted molar refractivity (Wildman–Crippen MR) is 274 cm³/mol. The van der Waals surface area contributed by atoms with E-state index in [9.17, 15) is 0 Å². The molecule has 0 unspecified atom stereocenters. The zero-order chi connectivity index (χ0) is 42.1. The first-order chi connectivity index (χ1) is 30.9. The van der Waals surface area contributed by atoms with E-state index in [2.05, 4.69) is 226 Å². The third-order valence-electron chi connectivity index (χ3n) is 14.3. The highest BCUT2D eigenvalue weighted by atomic mass is 15.2. The number of anilines is 6. The lowest BCUT2D eigenvalue weighted by Crippen LogP contribution is -2.61. The molecule has 63 heavy (non-hydrogen) atoms. The average Bonchev–Trinajstić information content (AvgIpc) is 3.33. The molecule has 2 aliphatic heterocycles. The summed E-state index contributed by atoms with van der Waals surface area (Å²) in [5.74, 6) is 0.777. The Morgan fingerprint density at radius 2 is 0.714 bits per heavy atom. The van der Waals surface area contributed by atoms with E-state index < -0.39 is 0 Å². The fourth-order valence-electron chi connectivity index (χ4n) is 11.4. The Morgan fingerprint density at radius 3 is 1.24 bits per heavy atom. The van der Waals surface area contributed by atoms with Crippen LogP contribution in [0.5, 0.6) is 0 Å². The summed E-state index contributed by atoms with van der Waals surface area (Å²) in [6.45, 7) is 9.34. The van der Waals surface area contributed by atoms with E-state index >= 15 is 0 Å². The van der Waals surface area contributed by atoms with Crippen LogP contribution in [0.3, 0.4) is 0 Å². The first kappa shape index (κ1) is 36.3. The van der Waals surface area contributed by atoms with Crippen molar-refractivity contribution in [1.82, 2.24) is 0 Å². The highest BCUT2D eigenvalue weighted by molar-refractivity contribution is 7.00. The molecule has 0 atom stereocenters. The topological polar surface area (TPSA) is 6.48 Å². The summed E-state index contributed by atoms with van der Waals surface area (Å²) in [6, 6.07) is 71.5. The van der Waals surface area contributed by atoms with Crippen molar-refractivity contribution in [1.29, 1.82) is 0 Å². The molecule has 11 aromatic carbocycles. The van der Waals surface area contributed by atoms with Crippen LogP contribution in [0.1, 0.15) is 50.7 Å². The third-order valence-corrected chi connectivity index (χ3v) is 14.3. The Kier molecular flexibility index (Phi) is 7.82. The van der Waals surface area contributed by atoms with Gasteiger partial charge in [0.2, 0.25) is 0 Å². The number of nitrogens with zero attached hydrogens (tertiary/aromatic N) is 2. The van der Waals surface area contributed by atoms with Gasteiger partial charge in [0.05, 0.1) is 5.69 Å². The van der Waals surface area contributed by atoms with Crippen molar-refractivity contribution in [3.05, 3.63) is 199 Å². The maximum atomic E-state index is 2.60. The maximum absolute atomic E-state index is 2.60. The average molecular weight is 805 g/mol. The molecule has 2 nitrogen and oxygen atoms in total. The van der Waals surface area contributed by atoms with Crippen molar-refractivity contribution in [3.63, 3.8) is 0 Å². The molecule has 3 heteroatoms. The normalized spacial score (nSPS) is 13.3. The van der Waals surface area contributed by atoms with Crippen LogP contribution in [0.15, 0.2) is 188 Å². The molecule has 0 saturated carbocycles. The highest BCUT2D eigenvalue weighted by Crippen LogP contribution is 2.49. The van der Waals surface area contributed by atoms with Crippen molar-refractivity contribution in [3.8, 4) is 0 Å². The molecule has 0 aromatic heterocycles. The van der Waals surface area contributed by atoms with Crippen LogP contribution in [0.25, 0.3) is 64.6 Å². The van der Waals surface area contributed by atoms with Gasteiger partial charge in [-0.25, -0.2) is 0 Å². The highest BCUT2D eigenvalue weighted by Gasteiger charge is 2.44. The summed E-state index contributed by atoms with van der Waals surface area (Å²) >= 11 is 0. The van der Waals surface area contributed by atoms with Gasteiger partial charge in [-0.3, -0.25) is 0 Å². The van der Waals surface area contributed by atoms with Crippen molar-refractivity contribution in [2.45, 2.75) is 39.5 Å². The van der Waals surface area contributed by atoms with Crippen LogP contribution < -0.4 is 26.2 Å². The van der Waals surface area contributed by atoms with Gasteiger partial charge in [0.1, 0.15) is 0 Å². The van der Waals surface area contributed by atoms with Crippen LogP contribution >= 0.6 is 0 Å². The fourth-order valence-corrected chi connectivity index (χ4v) is 11.4. The van der Waals surface area contributed by atoms with Crippen LogP contribution in [-0.2, 0) is 0 Å². The summed E-state index contributed by atoms with van der Waals surface area (Å²) in [5, 5.41) is 15.4. The van der Waals surface area contributed by atoms with E-state index in [1.807, 2.05) is 0 Å². The number of benzene rings is 11. The minimum atomic E-state index is 0.0453. The van der Waals surface area contributed by atoms with E-state index in [-0.39, 0.29) is 6.71 Å². The first-order valence-corrected chi connectivity index (χ1v) is 22.6. The second-order valence-corrected chi connectivity index (χ2v) is 18.4. The summed E-state index contributed by atoms with van der Waals surface area (Å²) in [5.41, 5.74) is 14.1. The SMILES string of the molecule is CC(C)c1ccc2c(c1)B1c3cc(C(C)C)ccc3N(c3cccc4c5ccccc5c5ccccc5c34)c3cccc(c31)N2c1ccc2c3ccccc3c3ccccc3c2c1. The molecular formula is C60H45BN2. The molecule has 2 heterocycles. The summed E-state index contributed by atoms with van der Waals surface area (Å²) in [7, 11) is 0. The van der Waals surface area contributed by atoms with Crippen LogP contribution in [-0.4, -0.2) is 6.71 Å². The molecule has 13 rings (SSSR count). The third kappa shape index (κ3) is 5.14. The second-order valence-electron chi connectivity index (χ2n) is 18.4. The monoisotopic (exact) mass is 804 g/mol. The predicted octanol–water partition coefficient (Wildman–Crippen LogP) is 14.9. The van der Waals surface area contributed by atoms with Gasteiger partial charge in [-0.1, -0.05) is 173 Å². The number of fused-ring (bicyclic) bond motifs is 16. The van der Waals surface area contributed by atoms with Gasteiger partial charge in [-0.05, 0) is 141 Å². The molecule has 0 spiro atoms. The van der Waals surface area contributed by atoms with Gasteiger partial charge in [-0.15, -0.1) is 0 Å². The van der Waals surface area contributed by atoms with Crippen LogP contribution in [0.4, 0.5) is 34.1 Å². The minimum Gasteiger partial charge on any atom is -0.311 e. The molecule has 0 saturated heterocycles. The van der Waals surface area contributed by atoms with Gasteiger partial charge >= 0.3 is 0 Å². The van der Waals surface area contributed by atoms with Gasteiger partial charge in [0.25, 0.3) is 6.71 Å². The summed E-state index contributed by atoms with van der Waals surface area (Å²) in [6.07, 6.45) is 0. The molecule has 0 aliphatic carbocycles. The first-order valence-electron chi connectivity index (χ1n) is 22.6. The Balaban J connectivity index is 1.14. The van der Waals surface area contributed by atoms with Gasteiger partial charge < -0.3 is 9.80 Å². The molecular weight excluding hydrogens is 759 g/mol. The molecule has 0 radical (unpaired) electrons. The van der Waals surface area contributed by atoms with Crippen molar-refractivity contribution in [2.75, 3.05) is 9.80 Å². The molecule has 0 bridgehead atoms. The smallest absolute Gasteiger partial charge is 0.252 e. The molecule has 0 amide bonds. The number of hydrogen-bond acceptors (Lipinski definition) is 2. The lowest BCUT2D eigenvalue weighted by atomic mass is 9.33. The lowest BCUT2D eigenvalue weighted by Gasteiger charge is -2.44. The largest absolute Gasteiger partial charge is 0.311 e. The number of hydrogen-bond donors (Lipinski definition) is 0. The van der Waals surface area contributed by atoms with E-state index in [0.29, 0.717) is 11.8 Å². The Bertz CT molecular complexity index is 3650. The fraction of sp³-hybridized carbons (Fsp3) is 0.100. The summed E-state index contributed by atoms with van der Waals surface area (Å²) < 4.78 is 0. The molecule has 298 valence electrons. The van der Waals surface area contributed by atoms with Crippen LogP contribution in [0.2, 0.25) is 0 Å².